The minimum absolute atomic E-state index is 0.0431. The van der Waals surface area contributed by atoms with Gasteiger partial charge in [0.1, 0.15) is 5.69 Å². The Morgan fingerprint density at radius 1 is 0.649 bits per heavy atom. The van der Waals surface area contributed by atoms with Crippen molar-refractivity contribution in [3.05, 3.63) is 88.3 Å². The van der Waals surface area contributed by atoms with Gasteiger partial charge in [0, 0.05) is 21.7 Å². The van der Waals surface area contributed by atoms with Gasteiger partial charge in [0.15, 0.2) is 28.7 Å². The molecule has 0 radical (unpaired) electrons. The fourth-order valence-corrected chi connectivity index (χ4v) is 3.73. The van der Waals surface area contributed by atoms with Crippen LogP contribution in [0.15, 0.2) is 60.7 Å². The molecule has 1 heterocycles. The number of ketones is 2. The summed E-state index contributed by atoms with van der Waals surface area (Å²) < 4.78 is 21.1. The third-order valence-corrected chi connectivity index (χ3v) is 5.77. The van der Waals surface area contributed by atoms with Gasteiger partial charge in [-0.25, -0.2) is 4.98 Å². The highest BCUT2D eigenvalue weighted by atomic mass is 35.5. The largest absolute Gasteiger partial charge is 0.493 e. The zero-order valence-electron chi connectivity index (χ0n) is 20.4. The van der Waals surface area contributed by atoms with Gasteiger partial charge in [-0.05, 0) is 48.5 Å². The maximum absolute atomic E-state index is 13.5. The number of carbonyl (C=O) groups excluding carboxylic acids is 2. The van der Waals surface area contributed by atoms with Gasteiger partial charge < -0.3 is 18.9 Å². The highest BCUT2D eigenvalue weighted by Crippen LogP contribution is 2.31. The van der Waals surface area contributed by atoms with Crippen molar-refractivity contribution in [1.82, 2.24) is 15.2 Å². The number of benzene rings is 3. The smallest absolute Gasteiger partial charge is 0.232 e. The summed E-state index contributed by atoms with van der Waals surface area (Å²) in [5, 5.41) is 8.63. The molecule has 0 saturated heterocycles. The van der Waals surface area contributed by atoms with Crippen molar-refractivity contribution < 1.29 is 28.5 Å². The van der Waals surface area contributed by atoms with Crippen molar-refractivity contribution in [2.75, 3.05) is 28.4 Å². The molecular weight excluding hydrogens is 498 g/mol. The third-order valence-electron chi connectivity index (χ3n) is 5.51. The van der Waals surface area contributed by atoms with Crippen molar-refractivity contribution in [3.8, 4) is 34.3 Å². The molecule has 4 aromatic rings. The average molecular weight is 520 g/mol. The first-order valence-corrected chi connectivity index (χ1v) is 11.3. The molecule has 0 fully saturated rings. The van der Waals surface area contributed by atoms with Crippen molar-refractivity contribution in [2.24, 2.45) is 0 Å². The SMILES string of the molecule is COc1ccc(C(=O)c2nnc(C(=O)c3ccc(OC)c(OC)c3)c(-c3ccc(Cl)cc3)n2)cc1OC. The zero-order valence-corrected chi connectivity index (χ0v) is 21.2. The standard InChI is InChI=1S/C27H22ClN3O6/c1-34-19-11-7-16(13-21(19)36-3)25(32)24-23(15-5-9-18(28)10-6-15)29-27(31-30-24)26(33)17-8-12-20(35-2)22(14-17)37-4/h5-14H,1-4H3. The van der Waals surface area contributed by atoms with Gasteiger partial charge in [0.2, 0.25) is 17.4 Å². The van der Waals surface area contributed by atoms with E-state index in [1.54, 1.807) is 48.5 Å². The minimum Gasteiger partial charge on any atom is -0.493 e. The number of hydrogen-bond donors (Lipinski definition) is 0. The fourth-order valence-electron chi connectivity index (χ4n) is 3.60. The Morgan fingerprint density at radius 3 is 1.68 bits per heavy atom. The minimum atomic E-state index is -0.506. The van der Waals surface area contributed by atoms with Crippen molar-refractivity contribution in [1.29, 1.82) is 0 Å². The molecule has 0 unspecified atom stereocenters. The van der Waals surface area contributed by atoms with Crippen LogP contribution in [0.3, 0.4) is 0 Å². The molecule has 10 heteroatoms. The Bertz CT molecular complexity index is 1470. The summed E-state index contributed by atoms with van der Waals surface area (Å²) in [4.78, 5) is 31.2. The zero-order chi connectivity index (χ0) is 26.5. The lowest BCUT2D eigenvalue weighted by molar-refractivity contribution is 0.101. The van der Waals surface area contributed by atoms with Crippen LogP contribution in [0.4, 0.5) is 0 Å². The van der Waals surface area contributed by atoms with Gasteiger partial charge in [0.25, 0.3) is 0 Å². The number of hydrogen-bond acceptors (Lipinski definition) is 9. The van der Waals surface area contributed by atoms with Crippen LogP contribution in [0.25, 0.3) is 11.3 Å². The van der Waals surface area contributed by atoms with E-state index in [1.165, 1.54) is 40.6 Å². The van der Waals surface area contributed by atoms with Crippen LogP contribution in [-0.2, 0) is 0 Å². The first-order valence-electron chi connectivity index (χ1n) is 10.9. The van der Waals surface area contributed by atoms with Gasteiger partial charge in [-0.15, -0.1) is 10.2 Å². The van der Waals surface area contributed by atoms with Gasteiger partial charge in [0.05, 0.1) is 28.4 Å². The summed E-state index contributed by atoms with van der Waals surface area (Å²) in [6.07, 6.45) is 0. The highest BCUT2D eigenvalue weighted by Gasteiger charge is 2.24. The van der Waals surface area contributed by atoms with E-state index in [-0.39, 0.29) is 28.3 Å². The van der Waals surface area contributed by atoms with Crippen LogP contribution >= 0.6 is 11.6 Å². The van der Waals surface area contributed by atoms with E-state index >= 15 is 0 Å². The number of nitrogens with zero attached hydrogens (tertiary/aromatic N) is 3. The second kappa shape index (κ2) is 11.0. The van der Waals surface area contributed by atoms with Crippen LogP contribution in [0, 0.1) is 0 Å². The molecule has 188 valence electrons. The van der Waals surface area contributed by atoms with Crippen molar-refractivity contribution in [2.45, 2.75) is 0 Å². The molecule has 0 spiro atoms. The van der Waals surface area contributed by atoms with Crippen molar-refractivity contribution >= 4 is 23.2 Å². The molecule has 0 amide bonds. The molecule has 0 atom stereocenters. The quantitative estimate of drug-likeness (QED) is 0.291. The normalized spacial score (nSPS) is 10.5. The Labute approximate surface area is 218 Å². The molecule has 0 saturated carbocycles. The van der Waals surface area contributed by atoms with E-state index in [9.17, 15) is 9.59 Å². The summed E-state index contributed by atoms with van der Waals surface area (Å²) in [5.74, 6) is 0.528. The lowest BCUT2D eigenvalue weighted by atomic mass is 10.0. The summed E-state index contributed by atoms with van der Waals surface area (Å²) in [6.45, 7) is 0. The summed E-state index contributed by atoms with van der Waals surface area (Å²) in [5.41, 5.74) is 1.21. The second-order valence-corrected chi connectivity index (χ2v) is 8.07. The molecule has 3 aromatic carbocycles. The molecule has 1 aromatic heterocycles. The number of rotatable bonds is 9. The van der Waals surface area contributed by atoms with Gasteiger partial charge in [-0.3, -0.25) is 9.59 Å². The van der Waals surface area contributed by atoms with Gasteiger partial charge >= 0.3 is 0 Å². The first kappa shape index (κ1) is 25.6. The van der Waals surface area contributed by atoms with E-state index in [4.69, 9.17) is 30.5 Å². The number of ether oxygens (including phenoxy) is 4. The predicted octanol–water partition coefficient (Wildman–Crippen LogP) is 4.69. The molecular formula is C27H22ClN3O6. The molecule has 0 aliphatic heterocycles. The summed E-state index contributed by atoms with van der Waals surface area (Å²) >= 11 is 6.06. The maximum Gasteiger partial charge on any atom is 0.232 e. The molecule has 4 rings (SSSR count). The monoisotopic (exact) mass is 519 g/mol. The van der Waals surface area contributed by atoms with Gasteiger partial charge in [-0.1, -0.05) is 23.7 Å². The average Bonchev–Trinajstić information content (AvgIpc) is 2.95. The summed E-state index contributed by atoms with van der Waals surface area (Å²) in [6, 6.07) is 16.1. The molecule has 0 bridgehead atoms. The molecule has 37 heavy (non-hydrogen) atoms. The first-order chi connectivity index (χ1) is 17.9. The van der Waals surface area contributed by atoms with Crippen LogP contribution in [0.5, 0.6) is 23.0 Å². The van der Waals surface area contributed by atoms with Crippen LogP contribution in [-0.4, -0.2) is 55.2 Å². The number of methoxy groups -OCH3 is 4. The molecule has 0 aliphatic carbocycles. The topological polar surface area (TPSA) is 110 Å². The van der Waals surface area contributed by atoms with Crippen molar-refractivity contribution in [3.63, 3.8) is 0 Å². The molecule has 0 aliphatic rings. The lowest BCUT2D eigenvalue weighted by Gasteiger charge is -2.12. The number of aromatic nitrogens is 3. The highest BCUT2D eigenvalue weighted by molar-refractivity contribution is 6.30. The molecule has 0 N–H and O–H groups in total. The third kappa shape index (κ3) is 5.22. The van der Waals surface area contributed by atoms with E-state index < -0.39 is 11.6 Å². The Morgan fingerprint density at radius 2 is 1.16 bits per heavy atom. The van der Waals surface area contributed by atoms with E-state index in [0.717, 1.165) is 0 Å². The Kier molecular flexibility index (Phi) is 7.64. The predicted molar refractivity (Wildman–Crippen MR) is 136 cm³/mol. The number of carbonyl (C=O) groups is 2. The van der Waals surface area contributed by atoms with Crippen LogP contribution < -0.4 is 18.9 Å². The van der Waals surface area contributed by atoms with E-state index in [0.29, 0.717) is 33.6 Å². The van der Waals surface area contributed by atoms with Crippen LogP contribution in [0.2, 0.25) is 5.02 Å². The fraction of sp³-hybridized carbons (Fsp3) is 0.148. The van der Waals surface area contributed by atoms with Crippen LogP contribution in [0.1, 0.15) is 32.2 Å². The van der Waals surface area contributed by atoms with Gasteiger partial charge in [-0.2, -0.15) is 0 Å². The maximum atomic E-state index is 13.5. The molecule has 9 nitrogen and oxygen atoms in total. The second-order valence-electron chi connectivity index (χ2n) is 7.64. The Hall–Kier alpha value is -4.50. The Balaban J connectivity index is 1.81. The van der Waals surface area contributed by atoms with E-state index in [1.807, 2.05) is 0 Å². The summed E-state index contributed by atoms with van der Waals surface area (Å²) in [7, 11) is 5.94. The number of halogens is 1. The lowest BCUT2D eigenvalue weighted by Crippen LogP contribution is -2.15. The van der Waals surface area contributed by atoms with E-state index in [2.05, 4.69) is 15.2 Å².